The highest BCUT2D eigenvalue weighted by Crippen LogP contribution is 2.37. The van der Waals surface area contributed by atoms with Gasteiger partial charge in [0.05, 0.1) is 29.6 Å². The zero-order chi connectivity index (χ0) is 27.5. The van der Waals surface area contributed by atoms with Crippen molar-refractivity contribution in [3.8, 4) is 23.0 Å². The van der Waals surface area contributed by atoms with Gasteiger partial charge in [-0.25, -0.2) is 10.2 Å². The summed E-state index contributed by atoms with van der Waals surface area (Å²) in [6.45, 7) is 0. The molecule has 14 nitrogen and oxygen atoms in total. The fourth-order valence-electron chi connectivity index (χ4n) is 3.65. The van der Waals surface area contributed by atoms with Gasteiger partial charge in [-0.3, -0.25) is 0 Å². The summed E-state index contributed by atoms with van der Waals surface area (Å²) in [4.78, 5) is 28.5. The van der Waals surface area contributed by atoms with Crippen molar-refractivity contribution in [1.82, 2.24) is 4.90 Å². The summed E-state index contributed by atoms with van der Waals surface area (Å²) in [7, 11) is 1.41. The number of aliphatic imine (C=N–C) groups is 6. The van der Waals surface area contributed by atoms with Gasteiger partial charge in [0, 0.05) is 6.07 Å². The molecule has 40 heavy (non-hydrogen) atoms. The van der Waals surface area contributed by atoms with Gasteiger partial charge in [0.25, 0.3) is 0 Å². The minimum atomic E-state index is -0.206. The van der Waals surface area contributed by atoms with E-state index in [1.807, 2.05) is 36.4 Å². The molecule has 0 saturated heterocycles. The highest BCUT2D eigenvalue weighted by atomic mass is 32.2. The molecule has 0 atom stereocenters. The molecule has 0 bridgehead atoms. The number of amidine groups is 3. The van der Waals surface area contributed by atoms with Crippen molar-refractivity contribution in [1.29, 1.82) is 0 Å². The van der Waals surface area contributed by atoms with Crippen molar-refractivity contribution in [2.45, 2.75) is 4.90 Å². The maximum Gasteiger partial charge on any atom is 0.328 e. The first kappa shape index (κ1) is 25.2. The lowest BCUT2D eigenvalue weighted by Crippen LogP contribution is -2.48. The van der Waals surface area contributed by atoms with Crippen molar-refractivity contribution in [2.24, 2.45) is 30.0 Å². The zero-order valence-electron chi connectivity index (χ0n) is 20.4. The van der Waals surface area contributed by atoms with Crippen molar-refractivity contribution in [3.05, 3.63) is 78.4 Å². The number of aromatic hydroxyl groups is 1. The number of para-hydroxylation sites is 2. The second kappa shape index (κ2) is 11.0. The van der Waals surface area contributed by atoms with Gasteiger partial charge in [0.15, 0.2) is 5.84 Å². The molecule has 2 N–H and O–H groups in total. The number of hydrogen-bond donors (Lipinski definition) is 2. The van der Waals surface area contributed by atoms with Crippen LogP contribution in [0.1, 0.15) is 5.56 Å². The molecule has 0 aliphatic carbocycles. The number of benzene rings is 3. The zero-order valence-corrected chi connectivity index (χ0v) is 21.2. The second-order valence-electron chi connectivity index (χ2n) is 7.87. The minimum absolute atomic E-state index is 0.0368. The number of hydrogen-bond acceptors (Lipinski definition) is 15. The van der Waals surface area contributed by atoms with Crippen LogP contribution in [0.15, 0.2) is 108 Å². The van der Waals surface area contributed by atoms with Gasteiger partial charge >= 0.3 is 12.0 Å². The summed E-state index contributed by atoms with van der Waals surface area (Å²) < 4.78 is 21.5. The standard InChI is InChI=1S/C25H17N7O7S/c1-35-18-13-17(33)16(12-19(18)40-39-38-34)20-26-21-28-24(36-14-8-4-2-5-9-14)30-23-31-25(29-22(27-20)32(21)23)37-15-10-6-3-7-11-15/h2-13,33-34H,1H3. The van der Waals surface area contributed by atoms with Crippen LogP contribution >= 0.6 is 12.0 Å². The summed E-state index contributed by atoms with van der Waals surface area (Å²) in [6, 6.07) is 20.7. The molecule has 15 heteroatoms. The summed E-state index contributed by atoms with van der Waals surface area (Å²) in [5.74, 6) is 1.37. The molecule has 3 aromatic carbocycles. The van der Waals surface area contributed by atoms with Crippen LogP contribution in [-0.4, -0.2) is 58.1 Å². The number of rotatable bonds is 7. The van der Waals surface area contributed by atoms with Gasteiger partial charge in [-0.2, -0.15) is 30.0 Å². The van der Waals surface area contributed by atoms with Crippen LogP contribution in [0, 0.1) is 0 Å². The molecule has 3 aliphatic heterocycles. The Bertz CT molecular complexity index is 1600. The summed E-state index contributed by atoms with van der Waals surface area (Å²) in [6.07, 6.45) is 0. The van der Waals surface area contributed by atoms with E-state index in [1.165, 1.54) is 24.1 Å². The third-order valence-electron chi connectivity index (χ3n) is 5.38. The van der Waals surface area contributed by atoms with Crippen molar-refractivity contribution in [2.75, 3.05) is 7.11 Å². The maximum atomic E-state index is 10.8. The van der Waals surface area contributed by atoms with Crippen LogP contribution in [0.4, 0.5) is 0 Å². The SMILES string of the molecule is COc1cc(O)c(C2=NC3=NC(Oc4ccccc4)=NC4=NC(Oc5ccccc5)=NC(=N2)N43)cc1SOOO. The Kier molecular flexibility index (Phi) is 6.90. The lowest BCUT2D eigenvalue weighted by Gasteiger charge is -2.29. The molecule has 0 radical (unpaired) electrons. The van der Waals surface area contributed by atoms with Gasteiger partial charge in [-0.05, 0) is 30.3 Å². The molecule has 3 heterocycles. The quantitative estimate of drug-likeness (QED) is 0.248. The van der Waals surface area contributed by atoms with Gasteiger partial charge in [-0.1, -0.05) is 41.4 Å². The number of phenolic OH excluding ortho intramolecular Hbond substituents is 1. The van der Waals surface area contributed by atoms with Crippen LogP contribution < -0.4 is 14.2 Å². The third kappa shape index (κ3) is 5.12. The normalized spacial score (nSPS) is 15.5. The first-order valence-corrected chi connectivity index (χ1v) is 12.2. The van der Waals surface area contributed by atoms with E-state index < -0.39 is 0 Å². The lowest BCUT2D eigenvalue weighted by molar-refractivity contribution is -0.432. The average Bonchev–Trinajstić information content (AvgIpc) is 2.97. The van der Waals surface area contributed by atoms with Crippen molar-refractivity contribution in [3.63, 3.8) is 0 Å². The Balaban J connectivity index is 1.45. The number of ether oxygens (including phenoxy) is 3. The summed E-state index contributed by atoms with van der Waals surface area (Å²) in [5, 5.41) is 23.1. The molecule has 6 rings (SSSR count). The van der Waals surface area contributed by atoms with E-state index in [-0.39, 0.29) is 52.8 Å². The highest BCUT2D eigenvalue weighted by Gasteiger charge is 2.37. The maximum absolute atomic E-state index is 10.8. The molecular formula is C25H17N7O7S. The Morgan fingerprint density at radius 1 is 0.725 bits per heavy atom. The molecule has 3 aliphatic rings. The van der Waals surface area contributed by atoms with Crippen LogP contribution in [-0.2, 0) is 9.37 Å². The number of nitrogens with zero attached hydrogens (tertiary/aromatic N) is 7. The monoisotopic (exact) mass is 559 g/mol. The Hall–Kier alpha value is -5.09. The van der Waals surface area contributed by atoms with E-state index in [1.54, 1.807) is 24.3 Å². The summed E-state index contributed by atoms with van der Waals surface area (Å²) in [5.41, 5.74) is 0.178. The fourth-order valence-corrected chi connectivity index (χ4v) is 4.15. The number of methoxy groups -OCH3 is 1. The van der Waals surface area contributed by atoms with Crippen molar-refractivity contribution < 1.29 is 33.9 Å². The predicted octanol–water partition coefficient (Wildman–Crippen LogP) is 3.86. The Labute approximate surface area is 230 Å². The van der Waals surface area contributed by atoms with E-state index in [4.69, 9.17) is 19.5 Å². The molecular weight excluding hydrogens is 542 g/mol. The first-order chi connectivity index (χ1) is 19.6. The molecule has 200 valence electrons. The molecule has 0 unspecified atom stereocenters. The van der Waals surface area contributed by atoms with Crippen molar-refractivity contribution >= 4 is 47.8 Å². The van der Waals surface area contributed by atoms with Crippen LogP contribution in [0.25, 0.3) is 0 Å². The van der Waals surface area contributed by atoms with E-state index in [2.05, 4.69) is 39.3 Å². The molecule has 0 aromatic heterocycles. The molecule has 0 spiro atoms. The van der Waals surface area contributed by atoms with E-state index in [0.29, 0.717) is 28.4 Å². The molecule has 0 amide bonds. The molecule has 0 fully saturated rings. The Morgan fingerprint density at radius 2 is 1.30 bits per heavy atom. The average molecular weight is 560 g/mol. The third-order valence-corrected chi connectivity index (χ3v) is 6.00. The van der Waals surface area contributed by atoms with E-state index >= 15 is 0 Å². The lowest BCUT2D eigenvalue weighted by atomic mass is 10.1. The van der Waals surface area contributed by atoms with E-state index in [0.717, 1.165) is 0 Å². The van der Waals surface area contributed by atoms with Gasteiger partial charge in [-0.15, -0.1) is 4.33 Å². The summed E-state index contributed by atoms with van der Waals surface area (Å²) >= 11 is 0.644. The van der Waals surface area contributed by atoms with Crippen LogP contribution in [0.2, 0.25) is 0 Å². The fraction of sp³-hybridized carbons (Fsp3) is 0.0400. The molecule has 3 aromatic rings. The smallest absolute Gasteiger partial charge is 0.328 e. The van der Waals surface area contributed by atoms with Gasteiger partial charge in [0.2, 0.25) is 17.9 Å². The number of phenols is 1. The number of guanidine groups is 3. The van der Waals surface area contributed by atoms with Crippen LogP contribution in [0.3, 0.4) is 0 Å². The van der Waals surface area contributed by atoms with Gasteiger partial charge in [0.1, 0.15) is 23.0 Å². The van der Waals surface area contributed by atoms with E-state index in [9.17, 15) is 5.11 Å². The van der Waals surface area contributed by atoms with Crippen LogP contribution in [0.5, 0.6) is 23.0 Å². The topological polar surface area (TPSA) is 164 Å². The highest BCUT2D eigenvalue weighted by molar-refractivity contribution is 7.94. The minimum Gasteiger partial charge on any atom is -0.507 e. The Morgan fingerprint density at radius 3 is 1.88 bits per heavy atom. The molecule has 0 saturated carbocycles. The second-order valence-corrected chi connectivity index (χ2v) is 8.61. The van der Waals surface area contributed by atoms with Gasteiger partial charge < -0.3 is 19.3 Å². The largest absolute Gasteiger partial charge is 0.507 e. The predicted molar refractivity (Wildman–Crippen MR) is 145 cm³/mol. The first-order valence-electron chi connectivity index (χ1n) is 11.5.